The van der Waals surface area contributed by atoms with E-state index in [1.54, 1.807) is 31.2 Å². The van der Waals surface area contributed by atoms with Crippen LogP contribution in [0.4, 0.5) is 10.5 Å². The average Bonchev–Trinajstić information content (AvgIpc) is 2.48. The maximum atomic E-state index is 11.0. The van der Waals surface area contributed by atoms with Crippen LogP contribution in [0.2, 0.25) is 0 Å². The second kappa shape index (κ2) is 6.09. The molecule has 5 atom stereocenters. The van der Waals surface area contributed by atoms with Gasteiger partial charge in [0.2, 0.25) is 5.79 Å². The Morgan fingerprint density at radius 3 is 2.41 bits per heavy atom. The predicted octanol–water partition coefficient (Wildman–Crippen LogP) is -0.328. The SMILES string of the molecule is CO[C@@]1(c2ccc(N)cc2)O[C@@H](C)[C@@H](O)[C@@H](OC(N)=O)[C@@H]1O. The Morgan fingerprint density at radius 2 is 1.91 bits per heavy atom. The molecule has 2 rings (SSSR count). The van der Waals surface area contributed by atoms with Gasteiger partial charge in [-0.2, -0.15) is 0 Å². The monoisotopic (exact) mass is 312 g/mol. The molecule has 1 fully saturated rings. The number of methoxy groups -OCH3 is 1. The van der Waals surface area contributed by atoms with Crippen molar-refractivity contribution in [1.82, 2.24) is 0 Å². The van der Waals surface area contributed by atoms with Crippen LogP contribution in [0, 0.1) is 0 Å². The van der Waals surface area contributed by atoms with Gasteiger partial charge in [-0.05, 0) is 19.1 Å². The van der Waals surface area contributed by atoms with Crippen molar-refractivity contribution in [3.8, 4) is 0 Å². The Bertz CT molecular complexity index is 537. The Labute approximate surface area is 127 Å². The van der Waals surface area contributed by atoms with Crippen molar-refractivity contribution in [3.63, 3.8) is 0 Å². The number of anilines is 1. The van der Waals surface area contributed by atoms with Gasteiger partial charge in [0.15, 0.2) is 12.2 Å². The van der Waals surface area contributed by atoms with E-state index < -0.39 is 36.3 Å². The molecule has 122 valence electrons. The fraction of sp³-hybridized carbons (Fsp3) is 0.500. The molecule has 1 amide bonds. The molecule has 22 heavy (non-hydrogen) atoms. The highest BCUT2D eigenvalue weighted by atomic mass is 16.7. The highest BCUT2D eigenvalue weighted by Gasteiger charge is 2.56. The second-order valence-corrected chi connectivity index (χ2v) is 5.15. The number of rotatable bonds is 3. The van der Waals surface area contributed by atoms with Crippen molar-refractivity contribution in [2.75, 3.05) is 12.8 Å². The first kappa shape index (κ1) is 16.5. The third-order valence-electron chi connectivity index (χ3n) is 3.75. The van der Waals surface area contributed by atoms with Crippen LogP contribution in [0.5, 0.6) is 0 Å². The van der Waals surface area contributed by atoms with Gasteiger partial charge in [0.05, 0.1) is 6.10 Å². The molecule has 0 radical (unpaired) electrons. The number of hydrogen-bond donors (Lipinski definition) is 4. The number of primary amides is 1. The standard InChI is InChI=1S/C14H20N2O6/c1-7-10(17)11(21-13(16)19)12(18)14(20-2,22-7)8-3-5-9(15)6-4-8/h3-7,10-12,17-18H,15H2,1-2H3,(H2,16,19)/t7-,10+,11+,12-,14-/m0/s1. The lowest BCUT2D eigenvalue weighted by molar-refractivity contribution is -0.359. The van der Waals surface area contributed by atoms with Crippen molar-refractivity contribution < 1.29 is 29.2 Å². The Kier molecular flexibility index (Phi) is 4.57. The highest BCUT2D eigenvalue weighted by molar-refractivity contribution is 5.65. The largest absolute Gasteiger partial charge is 0.440 e. The summed E-state index contributed by atoms with van der Waals surface area (Å²) in [6, 6.07) is 6.47. The van der Waals surface area contributed by atoms with Gasteiger partial charge in [-0.3, -0.25) is 0 Å². The van der Waals surface area contributed by atoms with Crippen molar-refractivity contribution in [2.45, 2.75) is 37.1 Å². The fourth-order valence-corrected chi connectivity index (χ4v) is 2.59. The maximum Gasteiger partial charge on any atom is 0.404 e. The number of aliphatic hydroxyl groups excluding tert-OH is 2. The number of carbonyl (C=O) groups excluding carboxylic acids is 1. The first-order valence-electron chi connectivity index (χ1n) is 6.73. The second-order valence-electron chi connectivity index (χ2n) is 5.15. The number of aliphatic hydroxyl groups is 2. The minimum Gasteiger partial charge on any atom is -0.440 e. The molecule has 0 saturated carbocycles. The van der Waals surface area contributed by atoms with E-state index in [0.717, 1.165) is 0 Å². The van der Waals surface area contributed by atoms with Gasteiger partial charge < -0.3 is 35.9 Å². The molecule has 1 aliphatic rings. The van der Waals surface area contributed by atoms with E-state index in [2.05, 4.69) is 0 Å². The van der Waals surface area contributed by atoms with Crippen molar-refractivity contribution in [1.29, 1.82) is 0 Å². The van der Waals surface area contributed by atoms with Crippen LogP contribution in [0.1, 0.15) is 12.5 Å². The Hall–Kier alpha value is -1.87. The first-order chi connectivity index (χ1) is 10.3. The Morgan fingerprint density at radius 1 is 1.32 bits per heavy atom. The average molecular weight is 312 g/mol. The minimum absolute atomic E-state index is 0.466. The normalized spacial score (nSPS) is 35.1. The first-order valence-corrected chi connectivity index (χ1v) is 6.73. The molecule has 1 aromatic rings. The molecule has 1 heterocycles. The van der Waals surface area contributed by atoms with Crippen LogP contribution < -0.4 is 11.5 Å². The molecule has 0 bridgehead atoms. The highest BCUT2D eigenvalue weighted by Crippen LogP contribution is 2.40. The zero-order valence-electron chi connectivity index (χ0n) is 12.3. The van der Waals surface area contributed by atoms with Gasteiger partial charge in [0, 0.05) is 18.4 Å². The van der Waals surface area contributed by atoms with Crippen molar-refractivity contribution in [2.24, 2.45) is 5.73 Å². The smallest absolute Gasteiger partial charge is 0.404 e. The lowest BCUT2D eigenvalue weighted by Gasteiger charge is -2.48. The zero-order valence-corrected chi connectivity index (χ0v) is 12.3. The van der Waals surface area contributed by atoms with E-state index in [0.29, 0.717) is 11.3 Å². The van der Waals surface area contributed by atoms with E-state index in [1.807, 2.05) is 0 Å². The summed E-state index contributed by atoms with van der Waals surface area (Å²) in [5, 5.41) is 20.6. The number of ether oxygens (including phenoxy) is 3. The number of nitrogen functional groups attached to an aromatic ring is 1. The molecule has 1 aromatic carbocycles. The third kappa shape index (κ3) is 2.73. The summed E-state index contributed by atoms with van der Waals surface area (Å²) >= 11 is 0. The molecule has 1 aliphatic heterocycles. The number of nitrogens with two attached hydrogens (primary N) is 2. The number of benzene rings is 1. The predicted molar refractivity (Wildman–Crippen MR) is 76.6 cm³/mol. The van der Waals surface area contributed by atoms with E-state index in [4.69, 9.17) is 25.7 Å². The van der Waals surface area contributed by atoms with Crippen LogP contribution in [-0.4, -0.2) is 47.8 Å². The summed E-state index contributed by atoms with van der Waals surface area (Å²) in [5.41, 5.74) is 11.6. The van der Waals surface area contributed by atoms with Gasteiger partial charge >= 0.3 is 6.09 Å². The quantitative estimate of drug-likeness (QED) is 0.561. The summed E-state index contributed by atoms with van der Waals surface area (Å²) in [5.74, 6) is -1.62. The van der Waals surface area contributed by atoms with Crippen LogP contribution in [0.25, 0.3) is 0 Å². The zero-order chi connectivity index (χ0) is 16.5. The van der Waals surface area contributed by atoms with Gasteiger partial charge in [0.25, 0.3) is 0 Å². The lowest BCUT2D eigenvalue weighted by atomic mass is 9.88. The number of hydrogen-bond acceptors (Lipinski definition) is 7. The summed E-state index contributed by atoms with van der Waals surface area (Å²) < 4.78 is 15.9. The van der Waals surface area contributed by atoms with E-state index >= 15 is 0 Å². The molecule has 0 spiro atoms. The molecule has 8 nitrogen and oxygen atoms in total. The summed E-state index contributed by atoms with van der Waals surface area (Å²) in [4.78, 5) is 11.0. The van der Waals surface area contributed by atoms with Gasteiger partial charge in [-0.15, -0.1) is 0 Å². The van der Waals surface area contributed by atoms with E-state index in [9.17, 15) is 15.0 Å². The van der Waals surface area contributed by atoms with Gasteiger partial charge in [-0.25, -0.2) is 4.79 Å². The third-order valence-corrected chi connectivity index (χ3v) is 3.75. The fourth-order valence-electron chi connectivity index (χ4n) is 2.59. The summed E-state index contributed by atoms with van der Waals surface area (Å²) in [7, 11) is 1.34. The molecular formula is C14H20N2O6. The molecular weight excluding hydrogens is 292 g/mol. The Balaban J connectivity index is 2.44. The van der Waals surface area contributed by atoms with Gasteiger partial charge in [-0.1, -0.05) is 12.1 Å². The molecule has 8 heteroatoms. The van der Waals surface area contributed by atoms with Crippen molar-refractivity contribution in [3.05, 3.63) is 29.8 Å². The van der Waals surface area contributed by atoms with Crippen molar-refractivity contribution >= 4 is 11.8 Å². The minimum atomic E-state index is -1.62. The van der Waals surface area contributed by atoms with Crippen LogP contribution in [0.15, 0.2) is 24.3 Å². The van der Waals surface area contributed by atoms with Crippen LogP contribution >= 0.6 is 0 Å². The van der Waals surface area contributed by atoms with Crippen LogP contribution in [-0.2, 0) is 20.0 Å². The number of carbonyl (C=O) groups is 1. The summed E-state index contributed by atoms with van der Waals surface area (Å²) in [6.45, 7) is 1.57. The van der Waals surface area contributed by atoms with Crippen LogP contribution in [0.3, 0.4) is 0 Å². The maximum absolute atomic E-state index is 11.0. The molecule has 0 unspecified atom stereocenters. The summed E-state index contributed by atoms with van der Waals surface area (Å²) in [6.07, 6.45) is -5.91. The molecule has 6 N–H and O–H groups in total. The molecule has 0 aromatic heterocycles. The van der Waals surface area contributed by atoms with E-state index in [1.165, 1.54) is 7.11 Å². The van der Waals surface area contributed by atoms with E-state index in [-0.39, 0.29) is 0 Å². The molecule has 0 aliphatic carbocycles. The lowest BCUT2D eigenvalue weighted by Crippen LogP contribution is -2.64. The molecule has 1 saturated heterocycles. The van der Waals surface area contributed by atoms with Gasteiger partial charge in [0.1, 0.15) is 6.10 Å². The topological polar surface area (TPSA) is 137 Å². The number of amides is 1.